The number of nitrogens with zero attached hydrogens (tertiary/aromatic N) is 3. The number of benzene rings is 2. The second-order valence-corrected chi connectivity index (χ2v) is 7.83. The number of ether oxygens (including phenoxy) is 2. The Morgan fingerprint density at radius 1 is 1.23 bits per heavy atom. The van der Waals surface area contributed by atoms with Gasteiger partial charge in [-0.2, -0.15) is 0 Å². The van der Waals surface area contributed by atoms with E-state index in [9.17, 15) is 4.79 Å². The van der Waals surface area contributed by atoms with Crippen LogP contribution < -0.4 is 4.74 Å². The van der Waals surface area contributed by atoms with Gasteiger partial charge in [0.25, 0.3) is 0 Å². The Kier molecular flexibility index (Phi) is 6.79. The van der Waals surface area contributed by atoms with E-state index in [0.717, 1.165) is 22.6 Å². The minimum Gasteiger partial charge on any atom is -0.497 e. The number of hydrogen-bond acceptors (Lipinski definition) is 5. The molecule has 2 heterocycles. The third-order valence-corrected chi connectivity index (χ3v) is 5.52. The van der Waals surface area contributed by atoms with Crippen molar-refractivity contribution in [1.29, 1.82) is 0 Å². The second kappa shape index (κ2) is 9.90. The van der Waals surface area contributed by atoms with Crippen molar-refractivity contribution in [1.82, 2.24) is 14.9 Å². The van der Waals surface area contributed by atoms with Gasteiger partial charge in [-0.25, -0.2) is 4.98 Å². The molecule has 0 N–H and O–H groups in total. The maximum atomic E-state index is 12.8. The monoisotopic (exact) mass is 437 g/mol. The van der Waals surface area contributed by atoms with E-state index in [-0.39, 0.29) is 12.0 Å². The first kappa shape index (κ1) is 21.3. The summed E-state index contributed by atoms with van der Waals surface area (Å²) in [4.78, 5) is 23.7. The van der Waals surface area contributed by atoms with Crippen LogP contribution in [-0.2, 0) is 16.0 Å². The van der Waals surface area contributed by atoms with Gasteiger partial charge in [-0.05, 0) is 36.2 Å². The molecule has 0 spiro atoms. The van der Waals surface area contributed by atoms with Crippen molar-refractivity contribution in [2.75, 3.05) is 26.8 Å². The van der Waals surface area contributed by atoms with Crippen LogP contribution in [0.1, 0.15) is 23.8 Å². The van der Waals surface area contributed by atoms with Crippen LogP contribution in [0, 0.1) is 0 Å². The summed E-state index contributed by atoms with van der Waals surface area (Å²) in [5.74, 6) is 0.861. The number of hydrogen-bond donors (Lipinski definition) is 0. The van der Waals surface area contributed by atoms with Gasteiger partial charge in [0.05, 0.1) is 44.0 Å². The molecule has 6 nitrogen and oxygen atoms in total. The molecule has 0 aliphatic carbocycles. The Bertz CT molecular complexity index is 1060. The molecule has 1 fully saturated rings. The zero-order valence-corrected chi connectivity index (χ0v) is 18.1. The number of carbonyl (C=O) groups excluding carboxylic acids is 1. The smallest absolute Gasteiger partial charge is 0.223 e. The van der Waals surface area contributed by atoms with Crippen LogP contribution in [-0.4, -0.2) is 47.6 Å². The average molecular weight is 438 g/mol. The van der Waals surface area contributed by atoms with Gasteiger partial charge in [0.1, 0.15) is 11.9 Å². The van der Waals surface area contributed by atoms with E-state index in [4.69, 9.17) is 26.1 Å². The van der Waals surface area contributed by atoms with Crippen molar-refractivity contribution in [3.8, 4) is 17.0 Å². The topological polar surface area (TPSA) is 64.5 Å². The summed E-state index contributed by atoms with van der Waals surface area (Å²) < 4.78 is 11.2. The number of amides is 1. The first-order chi connectivity index (χ1) is 15.1. The summed E-state index contributed by atoms with van der Waals surface area (Å²) in [5.41, 5.74) is 3.43. The fraction of sp³-hybridized carbons (Fsp3) is 0.292. The molecular weight excluding hydrogens is 414 g/mol. The number of aryl methyl sites for hydroxylation is 1. The minimum absolute atomic E-state index is 0.102. The quantitative estimate of drug-likeness (QED) is 0.574. The van der Waals surface area contributed by atoms with Gasteiger partial charge in [-0.15, -0.1) is 0 Å². The molecule has 160 valence electrons. The summed E-state index contributed by atoms with van der Waals surface area (Å²) in [7, 11) is 1.63. The van der Waals surface area contributed by atoms with E-state index < -0.39 is 0 Å². The van der Waals surface area contributed by atoms with Crippen molar-refractivity contribution in [2.45, 2.75) is 18.9 Å². The Labute approximate surface area is 186 Å². The van der Waals surface area contributed by atoms with Crippen molar-refractivity contribution in [3.05, 3.63) is 77.2 Å². The third-order valence-electron chi connectivity index (χ3n) is 5.28. The zero-order valence-electron chi connectivity index (χ0n) is 17.3. The highest BCUT2D eigenvalue weighted by Gasteiger charge is 2.26. The van der Waals surface area contributed by atoms with E-state index in [2.05, 4.69) is 4.98 Å². The lowest BCUT2D eigenvalue weighted by atomic mass is 10.1. The Hall–Kier alpha value is -2.96. The van der Waals surface area contributed by atoms with Crippen molar-refractivity contribution < 1.29 is 14.3 Å². The fourth-order valence-corrected chi connectivity index (χ4v) is 3.83. The number of rotatable bonds is 6. The van der Waals surface area contributed by atoms with Gasteiger partial charge in [0, 0.05) is 23.6 Å². The highest BCUT2D eigenvalue weighted by atomic mass is 35.5. The number of aromatic nitrogens is 2. The number of methoxy groups -OCH3 is 1. The molecule has 1 aromatic heterocycles. The van der Waals surface area contributed by atoms with Crippen LogP contribution in [0.2, 0.25) is 5.02 Å². The molecule has 1 saturated heterocycles. The molecule has 3 aromatic rings. The molecule has 1 aliphatic heterocycles. The van der Waals surface area contributed by atoms with Crippen LogP contribution in [0.5, 0.6) is 5.75 Å². The highest BCUT2D eigenvalue weighted by molar-refractivity contribution is 6.30. The lowest BCUT2D eigenvalue weighted by Crippen LogP contribution is -2.42. The standard InChI is InChI=1S/C24H24ClN3O3/c1-30-20-7-3-5-18(13-20)21-14-26-15-22(27-21)23-16-28(10-11-31-23)24(29)9-8-17-4-2-6-19(25)12-17/h2-7,12-15,23H,8-11,16H2,1H3/t23-/m0/s1. The van der Waals surface area contributed by atoms with E-state index in [1.54, 1.807) is 19.5 Å². The fourth-order valence-electron chi connectivity index (χ4n) is 3.61. The third kappa shape index (κ3) is 5.40. The van der Waals surface area contributed by atoms with E-state index in [1.807, 2.05) is 53.4 Å². The molecule has 1 atom stereocenters. The Balaban J connectivity index is 1.42. The van der Waals surface area contributed by atoms with Crippen LogP contribution in [0.3, 0.4) is 0 Å². The maximum Gasteiger partial charge on any atom is 0.223 e. The SMILES string of the molecule is COc1cccc(-c2cncc([C@@H]3CN(C(=O)CCc4cccc(Cl)c4)CCO3)n2)c1. The molecule has 0 radical (unpaired) electrons. The van der Waals surface area contributed by atoms with Crippen molar-refractivity contribution >= 4 is 17.5 Å². The zero-order chi connectivity index (χ0) is 21.6. The number of halogens is 1. The predicted molar refractivity (Wildman–Crippen MR) is 119 cm³/mol. The summed E-state index contributed by atoms with van der Waals surface area (Å²) in [5, 5.41) is 0.686. The molecule has 1 amide bonds. The van der Waals surface area contributed by atoms with Gasteiger partial charge >= 0.3 is 0 Å². The number of morpholine rings is 1. The van der Waals surface area contributed by atoms with Gasteiger partial charge in [0.15, 0.2) is 0 Å². The van der Waals surface area contributed by atoms with Crippen molar-refractivity contribution in [3.63, 3.8) is 0 Å². The van der Waals surface area contributed by atoms with Gasteiger partial charge in [0.2, 0.25) is 5.91 Å². The van der Waals surface area contributed by atoms with Crippen LogP contribution in [0.4, 0.5) is 0 Å². The lowest BCUT2D eigenvalue weighted by Gasteiger charge is -2.32. The molecular formula is C24H24ClN3O3. The molecule has 1 aliphatic rings. The summed E-state index contributed by atoms with van der Waals surface area (Å²) >= 11 is 6.04. The molecule has 2 aromatic carbocycles. The largest absolute Gasteiger partial charge is 0.497 e. The minimum atomic E-state index is -0.304. The molecule has 4 rings (SSSR count). The normalized spacial score (nSPS) is 16.2. The Morgan fingerprint density at radius 3 is 2.94 bits per heavy atom. The maximum absolute atomic E-state index is 12.8. The lowest BCUT2D eigenvalue weighted by molar-refractivity contribution is -0.139. The van der Waals surface area contributed by atoms with Crippen LogP contribution in [0.15, 0.2) is 60.9 Å². The van der Waals surface area contributed by atoms with Gasteiger partial charge in [-0.1, -0.05) is 35.9 Å². The molecule has 31 heavy (non-hydrogen) atoms. The second-order valence-electron chi connectivity index (χ2n) is 7.39. The van der Waals surface area contributed by atoms with Crippen LogP contribution in [0.25, 0.3) is 11.3 Å². The molecule has 0 saturated carbocycles. The predicted octanol–water partition coefficient (Wildman–Crippen LogP) is 4.34. The summed E-state index contributed by atoms with van der Waals surface area (Å²) in [6.07, 6.45) is 4.21. The van der Waals surface area contributed by atoms with Gasteiger partial charge < -0.3 is 14.4 Å². The average Bonchev–Trinajstić information content (AvgIpc) is 2.83. The molecule has 0 unspecified atom stereocenters. The van der Waals surface area contributed by atoms with Gasteiger partial charge in [-0.3, -0.25) is 9.78 Å². The Morgan fingerprint density at radius 2 is 2.10 bits per heavy atom. The number of carbonyl (C=O) groups is 1. The van der Waals surface area contributed by atoms with E-state index in [1.165, 1.54) is 0 Å². The van der Waals surface area contributed by atoms with E-state index >= 15 is 0 Å². The first-order valence-electron chi connectivity index (χ1n) is 10.2. The van der Waals surface area contributed by atoms with Crippen molar-refractivity contribution in [2.24, 2.45) is 0 Å². The highest BCUT2D eigenvalue weighted by Crippen LogP contribution is 2.26. The molecule has 7 heteroatoms. The first-order valence-corrected chi connectivity index (χ1v) is 10.6. The molecule has 0 bridgehead atoms. The summed E-state index contributed by atoms with van der Waals surface area (Å²) in [6, 6.07) is 15.3. The van der Waals surface area contributed by atoms with Crippen LogP contribution >= 0.6 is 11.6 Å². The van der Waals surface area contributed by atoms with E-state index in [0.29, 0.717) is 43.3 Å². The summed E-state index contributed by atoms with van der Waals surface area (Å²) in [6.45, 7) is 1.51.